The number of aromatic nitrogens is 1. The minimum Gasteiger partial charge on any atom is -0.465 e. The number of halogens is 3. The second kappa shape index (κ2) is 10.4. The number of rotatable bonds is 6. The molecule has 0 N–H and O–H groups in total. The Morgan fingerprint density at radius 3 is 2.51 bits per heavy atom. The third-order valence-electron chi connectivity index (χ3n) is 7.16. The lowest BCUT2D eigenvalue weighted by atomic mass is 9.97. The first kappa shape index (κ1) is 26.5. The summed E-state index contributed by atoms with van der Waals surface area (Å²) in [5.41, 5.74) is 3.14. The van der Waals surface area contributed by atoms with Crippen molar-refractivity contribution in [1.82, 2.24) is 9.47 Å². The lowest BCUT2D eigenvalue weighted by Gasteiger charge is -2.20. The fraction of sp³-hybridized carbons (Fsp3) is 0.379. The molecular weight excluding hydrogens is 481 g/mol. The molecule has 0 fully saturated rings. The molecule has 2 heterocycles. The molecule has 1 aromatic heterocycles. The summed E-state index contributed by atoms with van der Waals surface area (Å²) in [6.45, 7) is 5.59. The van der Waals surface area contributed by atoms with Crippen molar-refractivity contribution in [3.05, 3.63) is 81.3 Å². The van der Waals surface area contributed by atoms with E-state index in [0.717, 1.165) is 31.7 Å². The number of aryl methyl sites for hydroxylation is 1. The van der Waals surface area contributed by atoms with Gasteiger partial charge in [0, 0.05) is 23.6 Å². The Labute approximate surface area is 214 Å². The van der Waals surface area contributed by atoms with Gasteiger partial charge in [-0.25, -0.2) is 4.79 Å². The molecule has 37 heavy (non-hydrogen) atoms. The van der Waals surface area contributed by atoms with Crippen molar-refractivity contribution in [2.75, 3.05) is 13.7 Å². The fourth-order valence-electron chi connectivity index (χ4n) is 5.25. The van der Waals surface area contributed by atoms with E-state index in [4.69, 9.17) is 4.74 Å². The Morgan fingerprint density at radius 1 is 1.14 bits per heavy atom. The van der Waals surface area contributed by atoms with Gasteiger partial charge in [-0.05, 0) is 82.7 Å². The van der Waals surface area contributed by atoms with E-state index in [0.29, 0.717) is 29.2 Å². The summed E-state index contributed by atoms with van der Waals surface area (Å²) in [5, 5.41) is 0. The zero-order valence-corrected chi connectivity index (χ0v) is 21.5. The van der Waals surface area contributed by atoms with Gasteiger partial charge < -0.3 is 14.2 Å². The van der Waals surface area contributed by atoms with Crippen LogP contribution in [0.1, 0.15) is 61.5 Å². The Kier molecular flexibility index (Phi) is 7.48. The highest BCUT2D eigenvalue weighted by atomic mass is 19.4. The highest BCUT2D eigenvalue weighted by molar-refractivity contribution is 6.16. The van der Waals surface area contributed by atoms with Crippen molar-refractivity contribution in [3.8, 4) is 5.69 Å². The Hall–Kier alpha value is -3.55. The van der Waals surface area contributed by atoms with Crippen LogP contribution in [0.4, 0.5) is 13.2 Å². The molecule has 0 spiro atoms. The highest BCUT2D eigenvalue weighted by Crippen LogP contribution is 2.37. The van der Waals surface area contributed by atoms with Gasteiger partial charge in [-0.15, -0.1) is 0 Å². The quantitative estimate of drug-likeness (QED) is 0.247. The van der Waals surface area contributed by atoms with E-state index < -0.39 is 17.7 Å². The van der Waals surface area contributed by atoms with Crippen LogP contribution < -0.4 is 0 Å². The molecule has 196 valence electrons. The van der Waals surface area contributed by atoms with E-state index >= 15 is 0 Å². The summed E-state index contributed by atoms with van der Waals surface area (Å²) in [4.78, 5) is 27.8. The maximum absolute atomic E-state index is 13.7. The third-order valence-corrected chi connectivity index (χ3v) is 7.16. The Balaban J connectivity index is 1.74. The number of benzene rings is 1. The maximum atomic E-state index is 13.7. The standard InChI is InChI=1S/C29H31F3N2O3/c1-18-16-22(19(2)34(18)25-13-9-8-12-24(25)29(30,31)32)17-23-26(28(36)37-4)20(3)33(27(23)35)15-14-21-10-6-5-7-11-21/h8-10,12-13,16-17H,5-7,11,14-15H2,1-4H3/b23-17+. The van der Waals surface area contributed by atoms with E-state index in [2.05, 4.69) is 6.08 Å². The van der Waals surface area contributed by atoms with E-state index in [9.17, 15) is 22.8 Å². The van der Waals surface area contributed by atoms with E-state index in [1.807, 2.05) is 0 Å². The minimum atomic E-state index is -4.52. The van der Waals surface area contributed by atoms with Crippen LogP contribution in [-0.4, -0.2) is 35.0 Å². The van der Waals surface area contributed by atoms with E-state index in [-0.39, 0.29) is 22.7 Å². The predicted octanol–water partition coefficient (Wildman–Crippen LogP) is 6.68. The number of para-hydroxylation sites is 1. The molecule has 8 heteroatoms. The lowest BCUT2D eigenvalue weighted by molar-refractivity contribution is -0.137. The highest BCUT2D eigenvalue weighted by Gasteiger charge is 2.37. The number of amides is 1. The van der Waals surface area contributed by atoms with Gasteiger partial charge in [0.2, 0.25) is 0 Å². The van der Waals surface area contributed by atoms with Gasteiger partial charge in [0.25, 0.3) is 5.91 Å². The zero-order chi connectivity index (χ0) is 26.9. The van der Waals surface area contributed by atoms with Crippen LogP contribution in [0.15, 0.2) is 58.8 Å². The SMILES string of the molecule is COC(=O)C1=C(C)N(CCC2=CCCCC2)C(=O)/C1=C/c1cc(C)n(-c2ccccc2C(F)(F)F)c1C. The smallest absolute Gasteiger partial charge is 0.418 e. The molecule has 1 aromatic carbocycles. The Morgan fingerprint density at radius 2 is 1.86 bits per heavy atom. The summed E-state index contributed by atoms with van der Waals surface area (Å²) in [7, 11) is 1.26. The van der Waals surface area contributed by atoms with E-state index in [1.165, 1.54) is 35.8 Å². The first-order valence-corrected chi connectivity index (χ1v) is 12.4. The average molecular weight is 513 g/mol. The maximum Gasteiger partial charge on any atom is 0.418 e. The monoisotopic (exact) mass is 512 g/mol. The van der Waals surface area contributed by atoms with Crippen LogP contribution >= 0.6 is 0 Å². The number of esters is 1. The summed E-state index contributed by atoms with van der Waals surface area (Å²) in [6.07, 6.45) is 4.41. The molecule has 0 bridgehead atoms. The van der Waals surface area contributed by atoms with Crippen molar-refractivity contribution < 1.29 is 27.5 Å². The molecule has 0 radical (unpaired) electrons. The molecule has 1 aliphatic heterocycles. The van der Waals surface area contributed by atoms with Gasteiger partial charge in [0.15, 0.2) is 0 Å². The fourth-order valence-corrected chi connectivity index (χ4v) is 5.25. The normalized spacial score (nSPS) is 17.6. The molecule has 0 saturated carbocycles. The topological polar surface area (TPSA) is 51.5 Å². The number of nitrogens with zero attached hydrogens (tertiary/aromatic N) is 2. The largest absolute Gasteiger partial charge is 0.465 e. The van der Waals surface area contributed by atoms with Gasteiger partial charge in [-0.3, -0.25) is 4.79 Å². The van der Waals surface area contributed by atoms with Crippen molar-refractivity contribution in [3.63, 3.8) is 0 Å². The van der Waals surface area contributed by atoms with Crippen molar-refractivity contribution in [2.45, 2.75) is 59.1 Å². The Bertz CT molecular complexity index is 1330. The van der Waals surface area contributed by atoms with Gasteiger partial charge in [0.05, 0.1) is 29.5 Å². The van der Waals surface area contributed by atoms with Crippen molar-refractivity contribution >= 4 is 18.0 Å². The molecule has 2 aromatic rings. The van der Waals surface area contributed by atoms with Crippen molar-refractivity contribution in [2.24, 2.45) is 0 Å². The third kappa shape index (κ3) is 5.15. The number of alkyl halides is 3. The van der Waals surface area contributed by atoms with Gasteiger partial charge in [-0.2, -0.15) is 13.2 Å². The molecule has 1 aliphatic carbocycles. The molecule has 1 amide bonds. The van der Waals surface area contributed by atoms with E-state index in [1.54, 1.807) is 43.9 Å². The summed E-state index contributed by atoms with van der Waals surface area (Å²) in [5.74, 6) is -0.928. The molecule has 0 unspecified atom stereocenters. The second-order valence-electron chi connectivity index (χ2n) is 9.50. The molecule has 2 aliphatic rings. The van der Waals surface area contributed by atoms with Crippen LogP contribution in [0, 0.1) is 13.8 Å². The second-order valence-corrected chi connectivity index (χ2v) is 9.50. The van der Waals surface area contributed by atoms with Crippen LogP contribution in [-0.2, 0) is 20.5 Å². The van der Waals surface area contributed by atoms with Gasteiger partial charge in [0.1, 0.15) is 0 Å². The van der Waals surface area contributed by atoms with Crippen LogP contribution in [0.2, 0.25) is 0 Å². The summed E-state index contributed by atoms with van der Waals surface area (Å²) >= 11 is 0. The lowest BCUT2D eigenvalue weighted by Crippen LogP contribution is -2.26. The average Bonchev–Trinajstić information content (AvgIpc) is 3.28. The first-order valence-electron chi connectivity index (χ1n) is 12.4. The van der Waals surface area contributed by atoms with Gasteiger partial charge in [-0.1, -0.05) is 23.8 Å². The number of hydrogen-bond donors (Lipinski definition) is 0. The summed E-state index contributed by atoms with van der Waals surface area (Å²) < 4.78 is 47.7. The number of hydrogen-bond acceptors (Lipinski definition) is 3. The molecule has 5 nitrogen and oxygen atoms in total. The summed E-state index contributed by atoms with van der Waals surface area (Å²) in [6, 6.07) is 7.11. The molecule has 0 saturated heterocycles. The zero-order valence-electron chi connectivity index (χ0n) is 21.5. The number of methoxy groups -OCH3 is 1. The number of carbonyl (C=O) groups is 2. The molecular formula is C29H31F3N2O3. The van der Waals surface area contributed by atoms with Crippen LogP contribution in [0.5, 0.6) is 0 Å². The number of allylic oxidation sites excluding steroid dienone is 2. The molecule has 0 atom stereocenters. The molecule has 4 rings (SSSR count). The first-order chi connectivity index (χ1) is 17.5. The van der Waals surface area contributed by atoms with Crippen molar-refractivity contribution in [1.29, 1.82) is 0 Å². The predicted molar refractivity (Wildman–Crippen MR) is 136 cm³/mol. The van der Waals surface area contributed by atoms with Crippen LogP contribution in [0.25, 0.3) is 11.8 Å². The number of ether oxygens (including phenoxy) is 1. The van der Waals surface area contributed by atoms with Gasteiger partial charge >= 0.3 is 12.1 Å². The van der Waals surface area contributed by atoms with Crippen LogP contribution in [0.3, 0.4) is 0 Å². The minimum absolute atomic E-state index is 0.00898. The number of carbonyl (C=O) groups excluding carboxylic acids is 2.